The molecule has 0 fully saturated rings. The molecule has 0 aliphatic heterocycles. The quantitative estimate of drug-likeness (QED) is 0.366. The highest BCUT2D eigenvalue weighted by Crippen LogP contribution is 2.32. The zero-order chi connectivity index (χ0) is 13.8. The molecular weight excluding hydrogens is 286 g/mol. The Morgan fingerprint density at radius 1 is 1.37 bits per heavy atom. The average molecular weight is 297 g/mol. The zero-order valence-electron chi connectivity index (χ0n) is 10.2. The van der Waals surface area contributed by atoms with Crippen molar-refractivity contribution in [3.63, 3.8) is 0 Å². The molecule has 0 aliphatic carbocycles. The summed E-state index contributed by atoms with van der Waals surface area (Å²) in [6.07, 6.45) is 3.01. The van der Waals surface area contributed by atoms with Crippen LogP contribution in [0, 0.1) is 0 Å². The van der Waals surface area contributed by atoms with E-state index in [1.165, 1.54) is 35.5 Å². The molecule has 100 valence electrons. The summed E-state index contributed by atoms with van der Waals surface area (Å²) in [5.41, 5.74) is 5.86. The SMILES string of the molecule is CN(C)c1nnc(Sc2nccnc2C(N)=NO)s1. The van der Waals surface area contributed by atoms with Crippen LogP contribution >= 0.6 is 23.1 Å². The molecule has 10 heteroatoms. The molecule has 0 aliphatic rings. The van der Waals surface area contributed by atoms with Gasteiger partial charge in [0, 0.05) is 26.5 Å². The van der Waals surface area contributed by atoms with Gasteiger partial charge in [0.05, 0.1) is 0 Å². The van der Waals surface area contributed by atoms with E-state index >= 15 is 0 Å². The number of oxime groups is 1. The second kappa shape index (κ2) is 5.80. The van der Waals surface area contributed by atoms with Crippen molar-refractivity contribution in [2.75, 3.05) is 19.0 Å². The first-order chi connectivity index (χ1) is 9.11. The molecule has 0 atom stereocenters. The minimum atomic E-state index is -0.0899. The van der Waals surface area contributed by atoms with Crippen LogP contribution in [-0.4, -0.2) is 45.3 Å². The molecule has 2 heterocycles. The Morgan fingerprint density at radius 2 is 2.11 bits per heavy atom. The number of anilines is 1. The van der Waals surface area contributed by atoms with Crippen LogP contribution in [0.25, 0.3) is 0 Å². The van der Waals surface area contributed by atoms with Crippen LogP contribution in [0.1, 0.15) is 5.69 Å². The van der Waals surface area contributed by atoms with Crippen molar-refractivity contribution in [1.82, 2.24) is 20.2 Å². The molecule has 0 saturated carbocycles. The van der Waals surface area contributed by atoms with E-state index in [2.05, 4.69) is 25.3 Å². The van der Waals surface area contributed by atoms with E-state index in [-0.39, 0.29) is 5.84 Å². The Morgan fingerprint density at radius 3 is 2.74 bits per heavy atom. The maximum atomic E-state index is 8.71. The van der Waals surface area contributed by atoms with E-state index in [0.717, 1.165) is 5.13 Å². The number of nitrogens with zero attached hydrogens (tertiary/aromatic N) is 6. The van der Waals surface area contributed by atoms with E-state index in [0.29, 0.717) is 15.1 Å². The molecule has 0 bridgehead atoms. The summed E-state index contributed by atoms with van der Waals surface area (Å²) in [5.74, 6) is -0.0899. The standard InChI is InChI=1S/C9H11N7OS2/c1-16(2)8-13-14-9(19-8)18-7-5(6(10)15-17)11-3-4-12-7/h3-4,17H,1-2H3,(H2,10,15). The van der Waals surface area contributed by atoms with Crippen LogP contribution in [0.3, 0.4) is 0 Å². The van der Waals surface area contributed by atoms with Gasteiger partial charge in [-0.2, -0.15) is 0 Å². The molecule has 0 aromatic carbocycles. The van der Waals surface area contributed by atoms with Gasteiger partial charge in [0.25, 0.3) is 0 Å². The number of amidine groups is 1. The maximum Gasteiger partial charge on any atom is 0.208 e. The Labute approximate surface area is 117 Å². The normalized spacial score (nSPS) is 11.6. The predicted octanol–water partition coefficient (Wildman–Crippen LogP) is 0.640. The third kappa shape index (κ3) is 3.09. The third-order valence-corrected chi connectivity index (χ3v) is 4.11. The number of aromatic nitrogens is 4. The fourth-order valence-electron chi connectivity index (χ4n) is 1.13. The molecular formula is C9H11N7OS2. The van der Waals surface area contributed by atoms with Crippen LogP contribution in [0.5, 0.6) is 0 Å². The van der Waals surface area contributed by atoms with E-state index < -0.39 is 0 Å². The smallest absolute Gasteiger partial charge is 0.208 e. The van der Waals surface area contributed by atoms with Gasteiger partial charge < -0.3 is 15.8 Å². The summed E-state index contributed by atoms with van der Waals surface area (Å²) in [5, 5.41) is 21.0. The van der Waals surface area contributed by atoms with Gasteiger partial charge in [-0.25, -0.2) is 9.97 Å². The van der Waals surface area contributed by atoms with Gasteiger partial charge in [0.2, 0.25) is 5.13 Å². The summed E-state index contributed by atoms with van der Waals surface area (Å²) >= 11 is 2.69. The van der Waals surface area contributed by atoms with Gasteiger partial charge in [-0.1, -0.05) is 16.5 Å². The molecule has 2 rings (SSSR count). The van der Waals surface area contributed by atoms with Crippen LogP contribution in [0.15, 0.2) is 26.9 Å². The minimum Gasteiger partial charge on any atom is -0.409 e. The predicted molar refractivity (Wildman–Crippen MR) is 72.9 cm³/mol. The molecule has 0 spiro atoms. The topological polar surface area (TPSA) is 113 Å². The van der Waals surface area contributed by atoms with Gasteiger partial charge in [0.15, 0.2) is 10.2 Å². The van der Waals surface area contributed by atoms with Crippen molar-refractivity contribution in [2.24, 2.45) is 10.9 Å². The highest BCUT2D eigenvalue weighted by molar-refractivity contribution is 8.01. The summed E-state index contributed by atoms with van der Waals surface area (Å²) < 4.78 is 0.705. The number of nitrogens with two attached hydrogens (primary N) is 1. The van der Waals surface area contributed by atoms with E-state index in [1.807, 2.05) is 19.0 Å². The minimum absolute atomic E-state index is 0.0899. The molecule has 2 aromatic rings. The number of hydrogen-bond donors (Lipinski definition) is 2. The van der Waals surface area contributed by atoms with Gasteiger partial charge in [-0.05, 0) is 11.8 Å². The fourth-order valence-corrected chi connectivity index (χ4v) is 2.87. The Balaban J connectivity index is 2.28. The van der Waals surface area contributed by atoms with Gasteiger partial charge in [-0.3, -0.25) is 0 Å². The Hall–Kier alpha value is -1.94. The summed E-state index contributed by atoms with van der Waals surface area (Å²) in [6, 6.07) is 0. The van der Waals surface area contributed by atoms with Gasteiger partial charge in [0.1, 0.15) is 10.7 Å². The molecule has 3 N–H and O–H groups in total. The molecule has 0 amide bonds. The molecule has 19 heavy (non-hydrogen) atoms. The average Bonchev–Trinajstić information content (AvgIpc) is 2.87. The molecule has 0 saturated heterocycles. The van der Waals surface area contributed by atoms with E-state index in [4.69, 9.17) is 10.9 Å². The van der Waals surface area contributed by atoms with Crippen molar-refractivity contribution < 1.29 is 5.21 Å². The molecule has 8 nitrogen and oxygen atoms in total. The van der Waals surface area contributed by atoms with Gasteiger partial charge >= 0.3 is 0 Å². The maximum absolute atomic E-state index is 8.71. The summed E-state index contributed by atoms with van der Waals surface area (Å²) in [7, 11) is 3.78. The summed E-state index contributed by atoms with van der Waals surface area (Å²) in [6.45, 7) is 0. The largest absolute Gasteiger partial charge is 0.409 e. The fraction of sp³-hybridized carbons (Fsp3) is 0.222. The van der Waals surface area contributed by atoms with E-state index in [1.54, 1.807) is 0 Å². The van der Waals surface area contributed by atoms with Crippen LogP contribution in [-0.2, 0) is 0 Å². The van der Waals surface area contributed by atoms with Crippen molar-refractivity contribution >= 4 is 34.1 Å². The second-order valence-electron chi connectivity index (χ2n) is 3.54. The first-order valence-electron chi connectivity index (χ1n) is 5.09. The molecule has 0 unspecified atom stereocenters. The second-order valence-corrected chi connectivity index (χ2v) is 5.73. The highest BCUT2D eigenvalue weighted by Gasteiger charge is 2.14. The lowest BCUT2D eigenvalue weighted by Crippen LogP contribution is -2.16. The van der Waals surface area contributed by atoms with Crippen LogP contribution < -0.4 is 10.6 Å². The van der Waals surface area contributed by atoms with Crippen molar-refractivity contribution in [3.8, 4) is 0 Å². The zero-order valence-corrected chi connectivity index (χ0v) is 11.8. The monoisotopic (exact) mass is 297 g/mol. The van der Waals surface area contributed by atoms with Crippen LogP contribution in [0.2, 0.25) is 0 Å². The van der Waals surface area contributed by atoms with Crippen molar-refractivity contribution in [3.05, 3.63) is 18.1 Å². The van der Waals surface area contributed by atoms with Crippen LogP contribution in [0.4, 0.5) is 5.13 Å². The lowest BCUT2D eigenvalue weighted by atomic mass is 10.4. The first-order valence-corrected chi connectivity index (χ1v) is 6.72. The number of hydrogen-bond acceptors (Lipinski definition) is 9. The van der Waals surface area contributed by atoms with Crippen molar-refractivity contribution in [1.29, 1.82) is 0 Å². The molecule has 0 radical (unpaired) electrons. The Kier molecular flexibility index (Phi) is 4.12. The van der Waals surface area contributed by atoms with Gasteiger partial charge in [-0.15, -0.1) is 10.2 Å². The molecule has 2 aromatic heterocycles. The third-order valence-electron chi connectivity index (χ3n) is 1.98. The highest BCUT2D eigenvalue weighted by atomic mass is 32.2. The number of rotatable bonds is 4. The van der Waals surface area contributed by atoms with E-state index in [9.17, 15) is 0 Å². The summed E-state index contributed by atoms with van der Waals surface area (Å²) in [4.78, 5) is 10.0. The lowest BCUT2D eigenvalue weighted by molar-refractivity contribution is 0.318. The lowest BCUT2D eigenvalue weighted by Gasteiger charge is -2.04. The van der Waals surface area contributed by atoms with Crippen molar-refractivity contribution in [2.45, 2.75) is 9.37 Å². The first kappa shape index (κ1) is 13.5. The Bertz CT molecular complexity index is 598.